The van der Waals surface area contributed by atoms with E-state index in [9.17, 15) is 15.3 Å². The molecule has 6 nitrogen and oxygen atoms in total. The van der Waals surface area contributed by atoms with E-state index in [-0.39, 0.29) is 0 Å². The van der Waals surface area contributed by atoms with Crippen LogP contribution in [-0.2, 0) is 14.2 Å². The van der Waals surface area contributed by atoms with E-state index in [1.807, 2.05) is 0 Å². The minimum absolute atomic E-state index is 0.830. The minimum atomic E-state index is -1.09. The normalized spacial score (nSPS) is 46.8. The van der Waals surface area contributed by atoms with Crippen molar-refractivity contribution in [3.05, 3.63) is 0 Å². The fourth-order valence-electron chi connectivity index (χ4n) is 2.00. The van der Waals surface area contributed by atoms with Crippen molar-refractivity contribution in [2.24, 2.45) is 0 Å². The Morgan fingerprint density at radius 3 is 0.933 bits per heavy atom. The zero-order valence-electron chi connectivity index (χ0n) is 9.03. The van der Waals surface area contributed by atoms with Crippen molar-refractivity contribution < 1.29 is 29.5 Å². The summed E-state index contributed by atoms with van der Waals surface area (Å²) in [5.41, 5.74) is 0. The number of ether oxygens (including phenoxy) is 3. The van der Waals surface area contributed by atoms with Gasteiger partial charge in [0, 0.05) is 21.3 Å². The van der Waals surface area contributed by atoms with E-state index in [2.05, 4.69) is 0 Å². The van der Waals surface area contributed by atoms with Gasteiger partial charge in [0.05, 0.1) is 0 Å². The number of methoxy groups -OCH3 is 3. The van der Waals surface area contributed by atoms with Crippen LogP contribution in [0, 0.1) is 0 Å². The van der Waals surface area contributed by atoms with E-state index in [1.54, 1.807) is 0 Å². The molecule has 0 saturated heterocycles. The Labute approximate surface area is 88.4 Å². The lowest BCUT2D eigenvalue weighted by molar-refractivity contribution is -0.241. The van der Waals surface area contributed by atoms with Gasteiger partial charge in [-0.15, -0.1) is 0 Å². The van der Waals surface area contributed by atoms with Crippen molar-refractivity contribution in [1.29, 1.82) is 0 Å². The maximum absolute atomic E-state index is 9.76. The van der Waals surface area contributed by atoms with E-state index in [4.69, 9.17) is 14.2 Å². The maximum Gasteiger partial charge on any atom is 0.114 e. The van der Waals surface area contributed by atoms with Crippen LogP contribution in [0.4, 0.5) is 0 Å². The molecule has 0 bridgehead atoms. The fraction of sp³-hybridized carbons (Fsp3) is 1.00. The highest BCUT2D eigenvalue weighted by Crippen LogP contribution is 2.26. The van der Waals surface area contributed by atoms with Crippen LogP contribution in [0.2, 0.25) is 0 Å². The smallest absolute Gasteiger partial charge is 0.114 e. The summed E-state index contributed by atoms with van der Waals surface area (Å²) < 4.78 is 14.9. The second kappa shape index (κ2) is 5.20. The highest BCUT2D eigenvalue weighted by Gasteiger charge is 2.50. The molecular formula is C9H18O6. The molecule has 0 heterocycles. The molecule has 0 aliphatic heterocycles. The first-order valence-electron chi connectivity index (χ1n) is 4.71. The van der Waals surface area contributed by atoms with E-state index < -0.39 is 36.6 Å². The molecule has 1 aliphatic carbocycles. The van der Waals surface area contributed by atoms with E-state index in [0.717, 1.165) is 0 Å². The summed E-state index contributed by atoms with van der Waals surface area (Å²) in [5, 5.41) is 29.3. The molecule has 1 fully saturated rings. The Bertz CT molecular complexity index is 154. The summed E-state index contributed by atoms with van der Waals surface area (Å²) in [4.78, 5) is 0. The summed E-state index contributed by atoms with van der Waals surface area (Å²) in [6.07, 6.45) is -5.75. The average molecular weight is 222 g/mol. The number of aliphatic hydroxyl groups is 3. The van der Waals surface area contributed by atoms with Gasteiger partial charge in [-0.2, -0.15) is 0 Å². The van der Waals surface area contributed by atoms with Crippen LogP contribution in [0.15, 0.2) is 0 Å². The van der Waals surface area contributed by atoms with Crippen molar-refractivity contribution in [3.63, 3.8) is 0 Å². The molecule has 0 atom stereocenters. The predicted octanol–water partition coefficient (Wildman–Crippen LogP) is -1.87. The molecule has 0 amide bonds. The topological polar surface area (TPSA) is 88.4 Å². The Balaban J connectivity index is 2.87. The Hall–Kier alpha value is -0.240. The minimum Gasteiger partial charge on any atom is -0.387 e. The lowest BCUT2D eigenvalue weighted by Crippen LogP contribution is -2.65. The Morgan fingerprint density at radius 1 is 0.600 bits per heavy atom. The Kier molecular flexibility index (Phi) is 4.45. The van der Waals surface area contributed by atoms with Crippen LogP contribution >= 0.6 is 0 Å². The van der Waals surface area contributed by atoms with Crippen molar-refractivity contribution in [2.75, 3.05) is 21.3 Å². The molecule has 0 radical (unpaired) electrons. The van der Waals surface area contributed by atoms with Crippen LogP contribution < -0.4 is 0 Å². The third kappa shape index (κ3) is 2.15. The summed E-state index contributed by atoms with van der Waals surface area (Å²) in [6, 6.07) is 0. The highest BCUT2D eigenvalue weighted by atomic mass is 16.6. The molecule has 3 N–H and O–H groups in total. The molecule has 0 spiro atoms. The summed E-state index contributed by atoms with van der Waals surface area (Å²) >= 11 is 0. The van der Waals surface area contributed by atoms with Crippen molar-refractivity contribution >= 4 is 0 Å². The molecule has 0 unspecified atom stereocenters. The molecule has 15 heavy (non-hydrogen) atoms. The van der Waals surface area contributed by atoms with Gasteiger partial charge in [0.25, 0.3) is 0 Å². The van der Waals surface area contributed by atoms with Gasteiger partial charge >= 0.3 is 0 Å². The first kappa shape index (κ1) is 12.8. The zero-order chi connectivity index (χ0) is 11.6. The van der Waals surface area contributed by atoms with Crippen LogP contribution in [0.1, 0.15) is 0 Å². The predicted molar refractivity (Wildman–Crippen MR) is 50.4 cm³/mol. The maximum atomic E-state index is 9.76. The van der Waals surface area contributed by atoms with E-state index >= 15 is 0 Å². The molecule has 0 aromatic heterocycles. The number of hydrogen-bond acceptors (Lipinski definition) is 6. The lowest BCUT2D eigenvalue weighted by atomic mass is 9.84. The SMILES string of the molecule is COC1C(O)C(OC)C(O)C(OC)C1O. The number of aliphatic hydroxyl groups excluding tert-OH is 3. The average Bonchev–Trinajstić information content (AvgIpc) is 2.19. The van der Waals surface area contributed by atoms with Crippen molar-refractivity contribution in [3.8, 4) is 0 Å². The second-order valence-electron chi connectivity index (χ2n) is 3.57. The van der Waals surface area contributed by atoms with Gasteiger partial charge in [0.15, 0.2) is 0 Å². The van der Waals surface area contributed by atoms with Gasteiger partial charge in [-0.25, -0.2) is 0 Å². The van der Waals surface area contributed by atoms with Gasteiger partial charge in [-0.3, -0.25) is 0 Å². The van der Waals surface area contributed by atoms with E-state index in [1.165, 1.54) is 21.3 Å². The van der Waals surface area contributed by atoms with Gasteiger partial charge in [0.2, 0.25) is 0 Å². The van der Waals surface area contributed by atoms with Gasteiger partial charge in [-0.1, -0.05) is 0 Å². The fourth-order valence-corrected chi connectivity index (χ4v) is 2.00. The molecule has 1 saturated carbocycles. The molecular weight excluding hydrogens is 204 g/mol. The lowest BCUT2D eigenvalue weighted by Gasteiger charge is -2.43. The zero-order valence-corrected chi connectivity index (χ0v) is 9.03. The largest absolute Gasteiger partial charge is 0.387 e. The molecule has 0 aromatic rings. The number of hydrogen-bond donors (Lipinski definition) is 3. The molecule has 1 rings (SSSR count). The summed E-state index contributed by atoms with van der Waals surface area (Å²) in [5.74, 6) is 0. The highest BCUT2D eigenvalue weighted by molar-refractivity contribution is 5.00. The first-order valence-corrected chi connectivity index (χ1v) is 4.71. The number of rotatable bonds is 3. The van der Waals surface area contributed by atoms with Crippen molar-refractivity contribution in [2.45, 2.75) is 36.6 Å². The third-order valence-corrected chi connectivity index (χ3v) is 2.84. The molecule has 6 heteroatoms. The second-order valence-corrected chi connectivity index (χ2v) is 3.57. The Morgan fingerprint density at radius 2 is 0.800 bits per heavy atom. The molecule has 90 valence electrons. The van der Waals surface area contributed by atoms with Crippen LogP contribution in [0.25, 0.3) is 0 Å². The van der Waals surface area contributed by atoms with Crippen LogP contribution in [0.5, 0.6) is 0 Å². The summed E-state index contributed by atoms with van der Waals surface area (Å²) in [6.45, 7) is 0. The molecule has 0 aromatic carbocycles. The van der Waals surface area contributed by atoms with Crippen LogP contribution in [0.3, 0.4) is 0 Å². The van der Waals surface area contributed by atoms with Gasteiger partial charge in [-0.05, 0) is 0 Å². The van der Waals surface area contributed by atoms with Crippen LogP contribution in [-0.4, -0.2) is 73.3 Å². The van der Waals surface area contributed by atoms with E-state index in [0.29, 0.717) is 0 Å². The first-order chi connectivity index (χ1) is 7.08. The quantitative estimate of drug-likeness (QED) is 0.518. The van der Waals surface area contributed by atoms with Gasteiger partial charge in [0.1, 0.15) is 36.6 Å². The van der Waals surface area contributed by atoms with Gasteiger partial charge < -0.3 is 29.5 Å². The summed E-state index contributed by atoms with van der Waals surface area (Å²) in [7, 11) is 4.11. The monoisotopic (exact) mass is 222 g/mol. The third-order valence-electron chi connectivity index (χ3n) is 2.84. The molecule has 1 aliphatic rings. The standard InChI is InChI=1S/C9H18O6/c1-13-7-4(10)8(14-2)6(12)9(15-3)5(7)11/h4-12H,1-3H3. The van der Waals surface area contributed by atoms with Crippen molar-refractivity contribution in [1.82, 2.24) is 0 Å².